The lowest BCUT2D eigenvalue weighted by Gasteiger charge is -2.12. The molecule has 0 radical (unpaired) electrons. The molecule has 0 aliphatic rings. The number of ether oxygens (including phenoxy) is 1. The van der Waals surface area contributed by atoms with Crippen LogP contribution in [0, 0.1) is 12.3 Å². The molecule has 2 aromatic rings. The number of nitrogens with one attached hydrogen (secondary N) is 1. The lowest BCUT2D eigenvalue weighted by Crippen LogP contribution is -2.31. The maximum Gasteiger partial charge on any atom is 0.129 e. The minimum atomic E-state index is -0.583. The van der Waals surface area contributed by atoms with Gasteiger partial charge in [0.25, 0.3) is 0 Å². The Balaban J connectivity index is 1.90. The molecule has 0 saturated heterocycles. The molecule has 18 heavy (non-hydrogen) atoms. The van der Waals surface area contributed by atoms with E-state index in [1.54, 1.807) is 6.20 Å². The zero-order valence-electron chi connectivity index (χ0n) is 9.80. The zero-order chi connectivity index (χ0) is 12.8. The fourth-order valence-corrected chi connectivity index (χ4v) is 2.21. The van der Waals surface area contributed by atoms with E-state index in [-0.39, 0.29) is 6.61 Å². The van der Waals surface area contributed by atoms with E-state index < -0.39 is 6.10 Å². The maximum atomic E-state index is 9.69. The highest BCUT2D eigenvalue weighted by molar-refractivity contribution is 7.13. The van der Waals surface area contributed by atoms with Crippen molar-refractivity contribution in [2.24, 2.45) is 0 Å². The number of hydrogen-bond acceptors (Lipinski definition) is 5. The third-order valence-electron chi connectivity index (χ3n) is 2.40. The van der Waals surface area contributed by atoms with Crippen molar-refractivity contribution in [3.8, 4) is 18.1 Å². The molecule has 2 rings (SSSR count). The number of fused-ring (bicyclic) bond motifs is 1. The summed E-state index contributed by atoms with van der Waals surface area (Å²) >= 11 is 1.43. The van der Waals surface area contributed by atoms with Crippen molar-refractivity contribution in [3.05, 3.63) is 24.4 Å². The number of aromatic nitrogens is 1. The van der Waals surface area contributed by atoms with E-state index in [2.05, 4.69) is 15.6 Å². The van der Waals surface area contributed by atoms with Gasteiger partial charge in [0, 0.05) is 6.54 Å². The Hall–Kier alpha value is -1.61. The maximum absolute atomic E-state index is 9.69. The number of nitrogens with zero attached hydrogens (tertiary/aromatic N) is 1. The topological polar surface area (TPSA) is 54.4 Å². The number of rotatable bonds is 6. The molecule has 0 amide bonds. The van der Waals surface area contributed by atoms with Crippen molar-refractivity contribution >= 4 is 21.6 Å². The Labute approximate surface area is 110 Å². The Morgan fingerprint density at radius 2 is 2.44 bits per heavy atom. The SMILES string of the molecule is C#CCNCC(O)COc1cccc2sncc12. The Bertz CT molecular complexity index is 547. The van der Waals surface area contributed by atoms with Crippen LogP contribution >= 0.6 is 11.5 Å². The molecule has 1 aromatic carbocycles. The molecule has 0 aliphatic carbocycles. The molecule has 94 valence electrons. The quantitative estimate of drug-likeness (QED) is 0.608. The fraction of sp³-hybridized carbons (Fsp3) is 0.308. The zero-order valence-corrected chi connectivity index (χ0v) is 10.6. The van der Waals surface area contributed by atoms with Gasteiger partial charge in [-0.3, -0.25) is 0 Å². The van der Waals surface area contributed by atoms with Crippen LogP contribution in [0.4, 0.5) is 0 Å². The highest BCUT2D eigenvalue weighted by Crippen LogP contribution is 2.27. The van der Waals surface area contributed by atoms with Gasteiger partial charge >= 0.3 is 0 Å². The second-order valence-electron chi connectivity index (χ2n) is 3.79. The smallest absolute Gasteiger partial charge is 0.129 e. The second kappa shape index (κ2) is 6.36. The molecule has 1 unspecified atom stereocenters. The average Bonchev–Trinajstić information content (AvgIpc) is 2.85. The summed E-state index contributed by atoms with van der Waals surface area (Å²) in [6.45, 7) is 1.09. The minimum Gasteiger partial charge on any atom is -0.490 e. The molecule has 2 N–H and O–H groups in total. The van der Waals surface area contributed by atoms with E-state index in [1.165, 1.54) is 11.5 Å². The van der Waals surface area contributed by atoms with Crippen molar-refractivity contribution in [2.75, 3.05) is 19.7 Å². The molecule has 0 saturated carbocycles. The Morgan fingerprint density at radius 1 is 1.56 bits per heavy atom. The van der Waals surface area contributed by atoms with Gasteiger partial charge in [0.05, 0.1) is 22.8 Å². The Morgan fingerprint density at radius 3 is 3.28 bits per heavy atom. The first-order valence-electron chi connectivity index (χ1n) is 5.59. The van der Waals surface area contributed by atoms with Crippen molar-refractivity contribution in [1.82, 2.24) is 9.69 Å². The van der Waals surface area contributed by atoms with Crippen LogP contribution in [0.25, 0.3) is 10.1 Å². The largest absolute Gasteiger partial charge is 0.490 e. The third kappa shape index (κ3) is 3.20. The van der Waals surface area contributed by atoms with Gasteiger partial charge in [0.1, 0.15) is 18.5 Å². The predicted octanol–water partition coefficient (Wildman–Crippen LogP) is 1.26. The molecule has 4 nitrogen and oxygen atoms in total. The van der Waals surface area contributed by atoms with Gasteiger partial charge in [-0.05, 0) is 23.7 Å². The first-order valence-corrected chi connectivity index (χ1v) is 6.37. The first-order chi connectivity index (χ1) is 8.81. The average molecular weight is 262 g/mol. The highest BCUT2D eigenvalue weighted by Gasteiger charge is 2.07. The molecule has 5 heteroatoms. The van der Waals surface area contributed by atoms with Crippen LogP contribution in [-0.2, 0) is 0 Å². The number of benzene rings is 1. The standard InChI is InChI=1S/C13H14N2O2S/c1-2-6-14-7-10(16)9-17-12-4-3-5-13-11(12)8-15-18-13/h1,3-5,8,10,14,16H,6-7,9H2. The van der Waals surface area contributed by atoms with Gasteiger partial charge in [-0.2, -0.15) is 4.37 Å². The van der Waals surface area contributed by atoms with Crippen molar-refractivity contribution < 1.29 is 9.84 Å². The fourth-order valence-electron chi connectivity index (χ4n) is 1.55. The van der Waals surface area contributed by atoms with E-state index in [4.69, 9.17) is 11.2 Å². The van der Waals surface area contributed by atoms with Crippen LogP contribution in [0.3, 0.4) is 0 Å². The van der Waals surface area contributed by atoms with Crippen LogP contribution in [0.2, 0.25) is 0 Å². The molecule has 1 atom stereocenters. The van der Waals surface area contributed by atoms with Crippen LogP contribution < -0.4 is 10.1 Å². The summed E-state index contributed by atoms with van der Waals surface area (Å²) in [6.07, 6.45) is 6.29. The normalized spacial score (nSPS) is 12.2. The molecule has 0 spiro atoms. The number of terminal acetylenes is 1. The molecule has 0 fully saturated rings. The third-order valence-corrected chi connectivity index (χ3v) is 3.16. The van der Waals surface area contributed by atoms with Crippen molar-refractivity contribution in [1.29, 1.82) is 0 Å². The summed E-state index contributed by atoms with van der Waals surface area (Å²) in [5.41, 5.74) is 0. The van der Waals surface area contributed by atoms with Crippen LogP contribution in [0.15, 0.2) is 24.4 Å². The Kier molecular flexibility index (Phi) is 4.53. The van der Waals surface area contributed by atoms with Crippen LogP contribution in [-0.4, -0.2) is 35.3 Å². The summed E-state index contributed by atoms with van der Waals surface area (Å²) in [5.74, 6) is 3.20. The number of aliphatic hydroxyl groups excluding tert-OH is 1. The molecule has 0 aliphatic heterocycles. The van der Waals surface area contributed by atoms with Gasteiger partial charge in [0.15, 0.2) is 0 Å². The lowest BCUT2D eigenvalue weighted by molar-refractivity contribution is 0.108. The van der Waals surface area contributed by atoms with Crippen LogP contribution in [0.5, 0.6) is 5.75 Å². The van der Waals surface area contributed by atoms with Gasteiger partial charge in [-0.25, -0.2) is 0 Å². The van der Waals surface area contributed by atoms with Gasteiger partial charge in [-0.1, -0.05) is 12.0 Å². The summed E-state index contributed by atoms with van der Waals surface area (Å²) < 4.78 is 10.8. The van der Waals surface area contributed by atoms with E-state index >= 15 is 0 Å². The number of aliphatic hydroxyl groups is 1. The van der Waals surface area contributed by atoms with Crippen molar-refractivity contribution in [2.45, 2.75) is 6.10 Å². The molecule has 1 aromatic heterocycles. The van der Waals surface area contributed by atoms with Crippen molar-refractivity contribution in [3.63, 3.8) is 0 Å². The summed E-state index contributed by atoms with van der Waals surface area (Å²) in [6, 6.07) is 5.78. The van der Waals surface area contributed by atoms with Gasteiger partial charge in [0.2, 0.25) is 0 Å². The molecular weight excluding hydrogens is 248 g/mol. The molecular formula is C13H14N2O2S. The highest BCUT2D eigenvalue weighted by atomic mass is 32.1. The van der Waals surface area contributed by atoms with E-state index in [9.17, 15) is 5.11 Å². The summed E-state index contributed by atoms with van der Waals surface area (Å²) in [4.78, 5) is 0. The van der Waals surface area contributed by atoms with Gasteiger partial charge in [-0.15, -0.1) is 6.42 Å². The van der Waals surface area contributed by atoms with E-state index in [0.717, 1.165) is 15.8 Å². The predicted molar refractivity (Wildman–Crippen MR) is 72.8 cm³/mol. The summed E-state index contributed by atoms with van der Waals surface area (Å²) in [5, 5.41) is 13.6. The summed E-state index contributed by atoms with van der Waals surface area (Å²) in [7, 11) is 0. The molecule has 0 bridgehead atoms. The molecule has 1 heterocycles. The monoisotopic (exact) mass is 262 g/mol. The van der Waals surface area contributed by atoms with Crippen LogP contribution in [0.1, 0.15) is 0 Å². The number of hydrogen-bond donors (Lipinski definition) is 2. The second-order valence-corrected chi connectivity index (χ2v) is 4.63. The minimum absolute atomic E-state index is 0.229. The first kappa shape index (κ1) is 12.8. The van der Waals surface area contributed by atoms with E-state index in [0.29, 0.717) is 13.1 Å². The van der Waals surface area contributed by atoms with E-state index in [1.807, 2.05) is 18.2 Å². The lowest BCUT2D eigenvalue weighted by atomic mass is 10.2. The van der Waals surface area contributed by atoms with Gasteiger partial charge < -0.3 is 15.2 Å².